The van der Waals surface area contributed by atoms with Crippen molar-refractivity contribution in [1.29, 1.82) is 0 Å². The summed E-state index contributed by atoms with van der Waals surface area (Å²) in [7, 11) is 0. The average Bonchev–Trinajstić information content (AvgIpc) is 2.37. The fraction of sp³-hybridized carbons (Fsp3) is 0.250. The van der Waals surface area contributed by atoms with Crippen molar-refractivity contribution in [3.63, 3.8) is 0 Å². The number of nitro benzene ring substituents is 1. The first-order valence-corrected chi connectivity index (χ1v) is 5.13. The van der Waals surface area contributed by atoms with Gasteiger partial charge in [0.25, 0.3) is 12.2 Å². The summed E-state index contributed by atoms with van der Waals surface area (Å²) in [5.41, 5.74) is -0.943. The third-order valence-corrected chi connectivity index (χ3v) is 2.32. The molecule has 18 heavy (non-hydrogen) atoms. The summed E-state index contributed by atoms with van der Waals surface area (Å²) < 4.78 is 10.2. The number of carbonyl (C=O) groups is 1. The van der Waals surface area contributed by atoms with Crippen molar-refractivity contribution in [2.24, 2.45) is 0 Å². The highest BCUT2D eigenvalue weighted by Gasteiger charge is 2.22. The van der Waals surface area contributed by atoms with Gasteiger partial charge in [-0.05, 0) is 25.1 Å². The van der Waals surface area contributed by atoms with Crippen LogP contribution in [0.2, 0.25) is 0 Å². The van der Waals surface area contributed by atoms with E-state index in [9.17, 15) is 14.9 Å². The lowest BCUT2D eigenvalue weighted by molar-refractivity contribution is -0.384. The third kappa shape index (κ3) is 3.58. The molecule has 0 saturated carbocycles. The zero-order valence-electron chi connectivity index (χ0n) is 9.87. The Labute approximate surface area is 104 Å². The number of carbonyl (C=O) groups excluding carboxylic acids is 1. The van der Waals surface area contributed by atoms with E-state index in [4.69, 9.17) is 9.47 Å². The summed E-state index contributed by atoms with van der Waals surface area (Å²) >= 11 is 0. The second-order valence-corrected chi connectivity index (χ2v) is 3.77. The minimum absolute atomic E-state index is 0.0158. The topological polar surface area (TPSA) is 78.7 Å². The number of benzene rings is 1. The lowest BCUT2D eigenvalue weighted by Gasteiger charge is -2.23. The molecule has 1 aromatic carbocycles. The molecule has 1 unspecified atom stereocenters. The first-order valence-electron chi connectivity index (χ1n) is 5.13. The highest BCUT2D eigenvalue weighted by molar-refractivity contribution is 5.39. The molecule has 0 amide bonds. The minimum Gasteiger partial charge on any atom is -0.489 e. The van der Waals surface area contributed by atoms with E-state index in [2.05, 4.69) is 6.58 Å². The quantitative estimate of drug-likeness (QED) is 0.321. The van der Waals surface area contributed by atoms with E-state index in [1.165, 1.54) is 30.3 Å². The molecule has 0 aliphatic rings. The van der Waals surface area contributed by atoms with Crippen LogP contribution in [-0.2, 0) is 9.53 Å². The maximum atomic E-state index is 10.5. The molecule has 6 nitrogen and oxygen atoms in total. The Balaban J connectivity index is 2.65. The van der Waals surface area contributed by atoms with Crippen LogP contribution in [0.1, 0.15) is 6.92 Å². The lowest BCUT2D eigenvalue weighted by Crippen LogP contribution is -2.33. The van der Waals surface area contributed by atoms with Gasteiger partial charge in [-0.25, -0.2) is 0 Å². The average molecular weight is 251 g/mol. The highest BCUT2D eigenvalue weighted by atomic mass is 16.6. The Kier molecular flexibility index (Phi) is 4.42. The maximum Gasteiger partial charge on any atom is 0.294 e. The van der Waals surface area contributed by atoms with Crippen molar-refractivity contribution >= 4 is 12.2 Å². The van der Waals surface area contributed by atoms with Gasteiger partial charge >= 0.3 is 0 Å². The molecule has 0 saturated heterocycles. The fourth-order valence-electron chi connectivity index (χ4n) is 1.14. The molecule has 1 aromatic rings. The summed E-state index contributed by atoms with van der Waals surface area (Å²) in [6.07, 6.45) is 1.45. The van der Waals surface area contributed by atoms with E-state index in [1.54, 1.807) is 6.92 Å². The van der Waals surface area contributed by atoms with Crippen LogP contribution < -0.4 is 4.74 Å². The van der Waals surface area contributed by atoms with Gasteiger partial charge in [0.2, 0.25) is 0 Å². The largest absolute Gasteiger partial charge is 0.489 e. The van der Waals surface area contributed by atoms with Crippen LogP contribution in [0.4, 0.5) is 5.69 Å². The maximum absolute atomic E-state index is 10.5. The van der Waals surface area contributed by atoms with Crippen molar-refractivity contribution < 1.29 is 19.2 Å². The summed E-state index contributed by atoms with van der Waals surface area (Å²) in [4.78, 5) is 20.3. The Hall–Kier alpha value is -2.37. The Morgan fingerprint density at radius 2 is 2.06 bits per heavy atom. The normalized spacial score (nSPS) is 13.2. The van der Waals surface area contributed by atoms with Crippen molar-refractivity contribution in [1.82, 2.24) is 0 Å². The highest BCUT2D eigenvalue weighted by Crippen LogP contribution is 2.19. The predicted molar refractivity (Wildman–Crippen MR) is 64.3 cm³/mol. The number of nitrogens with zero attached hydrogens (tertiary/aromatic N) is 1. The molecule has 0 N–H and O–H groups in total. The molecule has 0 radical (unpaired) electrons. The van der Waals surface area contributed by atoms with Crippen LogP contribution in [0.5, 0.6) is 5.75 Å². The summed E-state index contributed by atoms with van der Waals surface area (Å²) in [6.45, 7) is 5.58. The van der Waals surface area contributed by atoms with Crippen LogP contribution in [0.25, 0.3) is 0 Å². The van der Waals surface area contributed by atoms with Gasteiger partial charge in [0, 0.05) is 12.1 Å². The van der Waals surface area contributed by atoms with Gasteiger partial charge in [0.1, 0.15) is 12.4 Å². The molecular formula is C12H13NO5. The molecule has 1 rings (SSSR count). The van der Waals surface area contributed by atoms with E-state index < -0.39 is 10.5 Å². The summed E-state index contributed by atoms with van der Waals surface area (Å²) in [6, 6.07) is 5.62. The lowest BCUT2D eigenvalue weighted by atomic mass is 10.1. The van der Waals surface area contributed by atoms with E-state index in [0.717, 1.165) is 0 Å². The van der Waals surface area contributed by atoms with Gasteiger partial charge in [0.15, 0.2) is 5.60 Å². The number of hydrogen-bond donors (Lipinski definition) is 0. The van der Waals surface area contributed by atoms with Gasteiger partial charge in [-0.2, -0.15) is 0 Å². The third-order valence-electron chi connectivity index (χ3n) is 2.32. The first kappa shape index (κ1) is 13.7. The van der Waals surface area contributed by atoms with E-state index in [1.807, 2.05) is 0 Å². The molecule has 0 aliphatic heterocycles. The second kappa shape index (κ2) is 5.81. The minimum atomic E-state index is -0.927. The zero-order chi connectivity index (χ0) is 13.6. The van der Waals surface area contributed by atoms with Gasteiger partial charge in [-0.1, -0.05) is 6.58 Å². The zero-order valence-corrected chi connectivity index (χ0v) is 9.87. The molecule has 0 aliphatic carbocycles. The summed E-state index contributed by atoms with van der Waals surface area (Å²) in [5, 5.41) is 10.5. The van der Waals surface area contributed by atoms with Crippen LogP contribution in [-0.4, -0.2) is 23.6 Å². The molecule has 0 aromatic heterocycles. The van der Waals surface area contributed by atoms with Gasteiger partial charge < -0.3 is 9.47 Å². The van der Waals surface area contributed by atoms with Gasteiger partial charge in [0.05, 0.1) is 4.92 Å². The Morgan fingerprint density at radius 1 is 1.44 bits per heavy atom. The smallest absolute Gasteiger partial charge is 0.294 e. The molecule has 0 bridgehead atoms. The molecule has 0 spiro atoms. The SMILES string of the molecule is C=CC(C)(COc1ccc([N+](=O)[O-])cc1)OC=O. The molecule has 0 fully saturated rings. The van der Waals surface area contributed by atoms with Crippen molar-refractivity contribution in [2.45, 2.75) is 12.5 Å². The first-order chi connectivity index (χ1) is 8.50. The molecule has 1 atom stereocenters. The summed E-state index contributed by atoms with van der Waals surface area (Å²) in [5.74, 6) is 0.447. The van der Waals surface area contributed by atoms with Crippen LogP contribution in [0, 0.1) is 10.1 Å². The van der Waals surface area contributed by atoms with Crippen LogP contribution in [0.15, 0.2) is 36.9 Å². The number of rotatable bonds is 7. The Bertz CT molecular complexity index is 442. The molecule has 6 heteroatoms. The standard InChI is InChI=1S/C12H13NO5/c1-3-12(2,18-9-14)8-17-11-6-4-10(5-7-11)13(15)16/h3-7,9H,1,8H2,2H3. The van der Waals surface area contributed by atoms with Gasteiger partial charge in [-0.3, -0.25) is 14.9 Å². The van der Waals surface area contributed by atoms with Crippen LogP contribution >= 0.6 is 0 Å². The molecule has 96 valence electrons. The molecular weight excluding hydrogens is 238 g/mol. The van der Waals surface area contributed by atoms with E-state index >= 15 is 0 Å². The molecule has 0 heterocycles. The monoisotopic (exact) mass is 251 g/mol. The van der Waals surface area contributed by atoms with E-state index in [-0.39, 0.29) is 12.3 Å². The number of nitro groups is 1. The van der Waals surface area contributed by atoms with Crippen molar-refractivity contribution in [2.75, 3.05) is 6.61 Å². The Morgan fingerprint density at radius 3 is 2.50 bits per heavy atom. The van der Waals surface area contributed by atoms with Gasteiger partial charge in [-0.15, -0.1) is 0 Å². The second-order valence-electron chi connectivity index (χ2n) is 3.77. The number of ether oxygens (including phenoxy) is 2. The van der Waals surface area contributed by atoms with Crippen molar-refractivity contribution in [3.05, 3.63) is 47.0 Å². The van der Waals surface area contributed by atoms with Crippen LogP contribution in [0.3, 0.4) is 0 Å². The number of hydrogen-bond acceptors (Lipinski definition) is 5. The van der Waals surface area contributed by atoms with Crippen molar-refractivity contribution in [3.8, 4) is 5.75 Å². The number of non-ortho nitro benzene ring substituents is 1. The predicted octanol–water partition coefficient (Wildman–Crippen LogP) is 2.09. The fourth-order valence-corrected chi connectivity index (χ4v) is 1.14. The van der Waals surface area contributed by atoms with E-state index in [0.29, 0.717) is 12.2 Å².